The lowest BCUT2D eigenvalue weighted by Crippen LogP contribution is -2.29. The first-order valence-electron chi connectivity index (χ1n) is 4.49. The van der Waals surface area contributed by atoms with Gasteiger partial charge in [0.25, 0.3) is 0 Å². The molecule has 2 N–H and O–H groups in total. The minimum Gasteiger partial charge on any atom is -0.475 e. The van der Waals surface area contributed by atoms with Crippen LogP contribution in [0.3, 0.4) is 0 Å². The van der Waals surface area contributed by atoms with E-state index in [1.54, 1.807) is 6.07 Å². The average Bonchev–Trinajstić information content (AvgIpc) is 2.51. The van der Waals surface area contributed by atoms with Gasteiger partial charge in [-0.3, -0.25) is 0 Å². The molecule has 0 spiro atoms. The molecule has 0 amide bonds. The van der Waals surface area contributed by atoms with Crippen LogP contribution in [0, 0.1) is 12.3 Å². The normalized spacial score (nSPS) is 10.7. The molecule has 0 saturated heterocycles. The molecule has 0 aliphatic heterocycles. The van der Waals surface area contributed by atoms with Crippen LogP contribution in [0.5, 0.6) is 0 Å². The Kier molecular flexibility index (Phi) is 3.05. The van der Waals surface area contributed by atoms with Gasteiger partial charge in [-0.25, -0.2) is 4.79 Å². The van der Waals surface area contributed by atoms with E-state index in [4.69, 9.17) is 15.9 Å². The highest BCUT2D eigenvalue weighted by molar-refractivity contribution is 5.84. The van der Waals surface area contributed by atoms with Crippen LogP contribution < -0.4 is 5.32 Å². The Morgan fingerprint density at radius 1 is 1.67 bits per heavy atom. The lowest BCUT2D eigenvalue weighted by Gasteiger charge is -2.23. The van der Waals surface area contributed by atoms with E-state index in [-0.39, 0.29) is 11.3 Å². The Morgan fingerprint density at radius 3 is 2.80 bits per heavy atom. The number of carboxylic acid groups (broad SMARTS) is 1. The zero-order valence-corrected chi connectivity index (χ0v) is 8.70. The van der Waals surface area contributed by atoms with Crippen molar-refractivity contribution in [2.75, 3.05) is 5.32 Å². The summed E-state index contributed by atoms with van der Waals surface area (Å²) in [6.07, 6.45) is 5.73. The van der Waals surface area contributed by atoms with Crippen molar-refractivity contribution in [2.45, 2.75) is 25.8 Å². The van der Waals surface area contributed by atoms with Gasteiger partial charge in [0.2, 0.25) is 5.76 Å². The van der Waals surface area contributed by atoms with Gasteiger partial charge in [-0.2, -0.15) is 0 Å². The second-order valence-electron chi connectivity index (χ2n) is 3.86. The zero-order valence-electron chi connectivity index (χ0n) is 8.70. The molecule has 1 rings (SSSR count). The fraction of sp³-hybridized carbons (Fsp3) is 0.364. The van der Waals surface area contributed by atoms with Crippen LogP contribution in [0.15, 0.2) is 16.5 Å². The summed E-state index contributed by atoms with van der Waals surface area (Å²) in [7, 11) is 0. The third-order valence-corrected chi connectivity index (χ3v) is 1.82. The Labute approximate surface area is 88.3 Å². The molecule has 0 radical (unpaired) electrons. The quantitative estimate of drug-likeness (QED) is 0.743. The predicted molar refractivity (Wildman–Crippen MR) is 56.8 cm³/mol. The molecule has 15 heavy (non-hydrogen) atoms. The Morgan fingerprint density at radius 2 is 2.33 bits per heavy atom. The molecule has 0 unspecified atom stereocenters. The maximum absolute atomic E-state index is 10.6. The van der Waals surface area contributed by atoms with E-state index < -0.39 is 5.97 Å². The standard InChI is InChI=1S/C11H13NO3/c1-4-7-11(2,3)12-9-6-5-8(15-9)10(13)14/h1,5-6,12H,7H2,2-3H3,(H,13,14). The maximum atomic E-state index is 10.6. The number of hydrogen-bond acceptors (Lipinski definition) is 3. The van der Waals surface area contributed by atoms with E-state index in [0.717, 1.165) is 0 Å². The summed E-state index contributed by atoms with van der Waals surface area (Å²) in [4.78, 5) is 10.6. The van der Waals surface area contributed by atoms with Gasteiger partial charge in [0.1, 0.15) is 0 Å². The number of aromatic carboxylic acids is 1. The maximum Gasteiger partial charge on any atom is 0.371 e. The first kappa shape index (κ1) is 11.2. The summed E-state index contributed by atoms with van der Waals surface area (Å²) in [5, 5.41) is 11.7. The summed E-state index contributed by atoms with van der Waals surface area (Å²) in [5.41, 5.74) is -0.317. The summed E-state index contributed by atoms with van der Waals surface area (Å²) in [6, 6.07) is 2.97. The monoisotopic (exact) mass is 207 g/mol. The molecular weight excluding hydrogens is 194 g/mol. The lowest BCUT2D eigenvalue weighted by atomic mass is 10.0. The molecule has 0 aliphatic carbocycles. The first-order valence-corrected chi connectivity index (χ1v) is 4.49. The van der Waals surface area contributed by atoms with E-state index >= 15 is 0 Å². The van der Waals surface area contributed by atoms with Gasteiger partial charge < -0.3 is 14.8 Å². The smallest absolute Gasteiger partial charge is 0.371 e. The first-order chi connectivity index (χ1) is 6.94. The molecule has 4 heteroatoms. The van der Waals surface area contributed by atoms with Crippen LogP contribution in [0.4, 0.5) is 5.88 Å². The second kappa shape index (κ2) is 4.09. The van der Waals surface area contributed by atoms with Gasteiger partial charge in [-0.05, 0) is 19.9 Å². The summed E-state index contributed by atoms with van der Waals surface area (Å²) in [6.45, 7) is 3.83. The third kappa shape index (κ3) is 3.06. The van der Waals surface area contributed by atoms with Crippen LogP contribution in [0.2, 0.25) is 0 Å². The fourth-order valence-electron chi connectivity index (χ4n) is 1.15. The van der Waals surface area contributed by atoms with Crippen LogP contribution in [0.1, 0.15) is 30.8 Å². The van der Waals surface area contributed by atoms with Crippen LogP contribution in [-0.2, 0) is 0 Å². The fourth-order valence-corrected chi connectivity index (χ4v) is 1.15. The molecule has 0 saturated carbocycles. The van der Waals surface area contributed by atoms with Gasteiger partial charge in [0.15, 0.2) is 5.88 Å². The number of terminal acetylenes is 1. The van der Waals surface area contributed by atoms with Crippen molar-refractivity contribution >= 4 is 11.9 Å². The van der Waals surface area contributed by atoms with Crippen molar-refractivity contribution in [2.24, 2.45) is 0 Å². The largest absolute Gasteiger partial charge is 0.475 e. The van der Waals surface area contributed by atoms with Crippen molar-refractivity contribution in [1.29, 1.82) is 0 Å². The van der Waals surface area contributed by atoms with Crippen molar-refractivity contribution in [3.63, 3.8) is 0 Å². The predicted octanol–water partition coefficient (Wildman–Crippen LogP) is 2.19. The SMILES string of the molecule is C#CCC(C)(C)Nc1ccc(C(=O)O)o1. The molecular formula is C11H13NO3. The molecule has 4 nitrogen and oxygen atoms in total. The number of carbonyl (C=O) groups is 1. The molecule has 0 atom stereocenters. The van der Waals surface area contributed by atoms with Crippen molar-refractivity contribution in [3.05, 3.63) is 17.9 Å². The van der Waals surface area contributed by atoms with Gasteiger partial charge >= 0.3 is 5.97 Å². The van der Waals surface area contributed by atoms with E-state index in [1.807, 2.05) is 13.8 Å². The summed E-state index contributed by atoms with van der Waals surface area (Å²) in [5.74, 6) is 1.77. The summed E-state index contributed by atoms with van der Waals surface area (Å²) < 4.78 is 5.05. The molecule has 0 aromatic carbocycles. The number of rotatable bonds is 4. The van der Waals surface area contributed by atoms with Gasteiger partial charge in [0, 0.05) is 18.0 Å². The van der Waals surface area contributed by atoms with Gasteiger partial charge in [0.05, 0.1) is 0 Å². The third-order valence-electron chi connectivity index (χ3n) is 1.82. The van der Waals surface area contributed by atoms with E-state index in [0.29, 0.717) is 12.3 Å². The highest BCUT2D eigenvalue weighted by Crippen LogP contribution is 2.20. The molecule has 1 aromatic heterocycles. The highest BCUT2D eigenvalue weighted by atomic mass is 16.4. The number of carboxylic acids is 1. The van der Waals surface area contributed by atoms with E-state index in [9.17, 15) is 4.79 Å². The zero-order chi connectivity index (χ0) is 11.5. The van der Waals surface area contributed by atoms with Crippen molar-refractivity contribution < 1.29 is 14.3 Å². The Bertz CT molecular complexity index is 398. The minimum absolute atomic E-state index is 0.0889. The lowest BCUT2D eigenvalue weighted by molar-refractivity contribution is 0.0663. The van der Waals surface area contributed by atoms with Crippen LogP contribution in [-0.4, -0.2) is 16.6 Å². The van der Waals surface area contributed by atoms with Crippen molar-refractivity contribution in [3.8, 4) is 12.3 Å². The topological polar surface area (TPSA) is 62.5 Å². The van der Waals surface area contributed by atoms with Crippen molar-refractivity contribution in [1.82, 2.24) is 0 Å². The number of anilines is 1. The minimum atomic E-state index is -1.09. The van der Waals surface area contributed by atoms with Gasteiger partial charge in [-0.1, -0.05) is 0 Å². The molecule has 0 bridgehead atoms. The highest BCUT2D eigenvalue weighted by Gasteiger charge is 2.18. The summed E-state index contributed by atoms with van der Waals surface area (Å²) >= 11 is 0. The Balaban J connectivity index is 2.73. The Hall–Kier alpha value is -1.89. The average molecular weight is 207 g/mol. The second-order valence-corrected chi connectivity index (χ2v) is 3.86. The van der Waals surface area contributed by atoms with Crippen LogP contribution in [0.25, 0.3) is 0 Å². The number of hydrogen-bond donors (Lipinski definition) is 2. The molecule has 0 aliphatic rings. The molecule has 1 aromatic rings. The molecule has 80 valence electrons. The van der Waals surface area contributed by atoms with E-state index in [2.05, 4.69) is 11.2 Å². The van der Waals surface area contributed by atoms with E-state index in [1.165, 1.54) is 6.07 Å². The number of nitrogens with one attached hydrogen (secondary N) is 1. The molecule has 1 heterocycles. The van der Waals surface area contributed by atoms with Crippen LogP contribution >= 0.6 is 0 Å². The molecule has 0 fully saturated rings. The number of furan rings is 1. The van der Waals surface area contributed by atoms with Gasteiger partial charge in [-0.15, -0.1) is 12.3 Å².